The molecule has 5 rings (SSSR count). The molecule has 2 saturated heterocycles. The largest absolute Gasteiger partial charge is 0.481 e. The molecule has 2 aromatic heterocycles. The zero-order chi connectivity index (χ0) is 32.1. The van der Waals surface area contributed by atoms with Crippen molar-refractivity contribution in [3.8, 4) is 0 Å². The van der Waals surface area contributed by atoms with E-state index in [2.05, 4.69) is 34.1 Å². The van der Waals surface area contributed by atoms with Crippen LogP contribution in [-0.4, -0.2) is 60.1 Å². The third-order valence-corrected chi connectivity index (χ3v) is 11.8. The van der Waals surface area contributed by atoms with Gasteiger partial charge >= 0.3 is 11.9 Å². The van der Waals surface area contributed by atoms with Crippen molar-refractivity contribution in [2.45, 2.75) is 95.7 Å². The van der Waals surface area contributed by atoms with Gasteiger partial charge in [-0.2, -0.15) is 0 Å². The Hall–Kier alpha value is -3.73. The molecule has 1 unspecified atom stereocenters. The minimum atomic E-state index is -0.883. The van der Waals surface area contributed by atoms with Crippen molar-refractivity contribution in [3.05, 3.63) is 68.8 Å². The van der Waals surface area contributed by atoms with Gasteiger partial charge in [-0.1, -0.05) is 19.6 Å². The number of aromatic nitrogens is 2. The summed E-state index contributed by atoms with van der Waals surface area (Å²) in [6.07, 6.45) is 3.86. The predicted octanol–water partition coefficient (Wildman–Crippen LogP) is 2.97. The third kappa shape index (κ3) is 5.62. The van der Waals surface area contributed by atoms with Crippen LogP contribution in [0.1, 0.15) is 78.6 Å². The van der Waals surface area contributed by atoms with Crippen molar-refractivity contribution in [2.24, 2.45) is 11.8 Å². The first kappa shape index (κ1) is 31.7. The van der Waals surface area contributed by atoms with E-state index in [1.165, 1.54) is 11.8 Å². The fraction of sp³-hybridized carbons (Fsp3) is 0.515. The molecule has 44 heavy (non-hydrogen) atoms. The zero-order valence-corrected chi connectivity index (χ0v) is 26.9. The molecule has 0 radical (unpaired) electrons. The lowest BCUT2D eigenvalue weighted by molar-refractivity contribution is -0.138. The number of aromatic amines is 2. The Labute approximate surface area is 261 Å². The first-order valence-electron chi connectivity index (χ1n) is 15.3. The van der Waals surface area contributed by atoms with Crippen molar-refractivity contribution in [1.29, 1.82) is 0 Å². The van der Waals surface area contributed by atoms with Gasteiger partial charge in [-0.15, -0.1) is 0 Å². The van der Waals surface area contributed by atoms with Crippen LogP contribution >= 0.6 is 0 Å². The fourth-order valence-electron chi connectivity index (χ4n) is 7.65. The van der Waals surface area contributed by atoms with Gasteiger partial charge in [0.15, 0.2) is 0 Å². The van der Waals surface area contributed by atoms with Gasteiger partial charge in [0.2, 0.25) is 10.8 Å². The molecule has 0 bridgehead atoms. The van der Waals surface area contributed by atoms with Gasteiger partial charge < -0.3 is 30.8 Å². The molecule has 2 fully saturated rings. The van der Waals surface area contributed by atoms with Crippen molar-refractivity contribution >= 4 is 35.5 Å². The first-order valence-corrected chi connectivity index (χ1v) is 16.2. The highest BCUT2D eigenvalue weighted by atomic mass is 32.2. The van der Waals surface area contributed by atoms with E-state index in [-0.39, 0.29) is 47.4 Å². The van der Waals surface area contributed by atoms with E-state index in [4.69, 9.17) is 0 Å². The summed E-state index contributed by atoms with van der Waals surface area (Å²) in [6.45, 7) is 13.9. The zero-order valence-electron chi connectivity index (χ0n) is 26.0. The van der Waals surface area contributed by atoms with Crippen LogP contribution in [-0.2, 0) is 63.0 Å². The van der Waals surface area contributed by atoms with Gasteiger partial charge in [-0.25, -0.2) is 0 Å². The number of hydrogen-bond donors (Lipinski definition) is 6. The summed E-state index contributed by atoms with van der Waals surface area (Å²) in [5.74, 6) is -1.62. The van der Waals surface area contributed by atoms with Crippen LogP contribution in [0.25, 0.3) is 0 Å². The van der Waals surface area contributed by atoms with Crippen molar-refractivity contribution in [2.75, 3.05) is 0 Å². The van der Waals surface area contributed by atoms with Gasteiger partial charge in [-0.05, 0) is 68.4 Å². The number of carboxylic acid groups (broad SMARTS) is 2. The summed E-state index contributed by atoms with van der Waals surface area (Å²) < 4.78 is 0. The van der Waals surface area contributed by atoms with Gasteiger partial charge in [0, 0.05) is 71.7 Å². The Morgan fingerprint density at radius 2 is 1.50 bits per heavy atom. The number of carbonyl (C=O) groups is 4. The maximum absolute atomic E-state index is 12.7. The molecular weight excluding hydrogens is 580 g/mol. The summed E-state index contributed by atoms with van der Waals surface area (Å²) in [6, 6.07) is -0.196. The highest BCUT2D eigenvalue weighted by Gasteiger charge is 2.69. The number of H-pyrrole nitrogens is 2. The van der Waals surface area contributed by atoms with Crippen LogP contribution in [0.4, 0.5) is 0 Å². The second-order valence-corrected chi connectivity index (χ2v) is 14.5. The Balaban J connectivity index is 1.49. The monoisotopic (exact) mass is 623 g/mol. The number of aliphatic carboxylic acids is 2. The SMILES string of the molecule is C=CC1=C(C)[C@@H](Cc2[nH]c(Cc3[nH]c(C[C@]45NC(=O)[C@H](C)[C@H]4C(C)[SH+]5)c(C)c3CCC(=O)O)c(CCC(=O)O)c2C)NC1=O. The molecular formula is C33H43N4O6S+. The smallest absolute Gasteiger partial charge is 0.303 e. The van der Waals surface area contributed by atoms with E-state index in [0.717, 1.165) is 50.6 Å². The maximum Gasteiger partial charge on any atom is 0.303 e. The summed E-state index contributed by atoms with van der Waals surface area (Å²) >= 11 is 1.20. The van der Waals surface area contributed by atoms with E-state index >= 15 is 0 Å². The van der Waals surface area contributed by atoms with Crippen molar-refractivity contribution in [1.82, 2.24) is 20.6 Å². The molecule has 3 aliphatic heterocycles. The molecule has 11 heteroatoms. The number of rotatable bonds is 13. The van der Waals surface area contributed by atoms with Gasteiger partial charge in [0.05, 0.1) is 18.4 Å². The Bertz CT molecular complexity index is 1580. The molecule has 236 valence electrons. The van der Waals surface area contributed by atoms with Crippen LogP contribution in [0.2, 0.25) is 0 Å². The minimum Gasteiger partial charge on any atom is -0.481 e. The fourth-order valence-corrected chi connectivity index (χ4v) is 9.85. The number of amides is 2. The molecule has 6 N–H and O–H groups in total. The first-order chi connectivity index (χ1) is 20.8. The van der Waals surface area contributed by atoms with Crippen LogP contribution in [0.15, 0.2) is 23.8 Å². The normalized spacial score (nSPS) is 25.9. The number of carboxylic acids is 2. The van der Waals surface area contributed by atoms with Crippen LogP contribution in [0.5, 0.6) is 0 Å². The lowest BCUT2D eigenvalue weighted by Crippen LogP contribution is -2.63. The molecule has 0 aromatic carbocycles. The van der Waals surface area contributed by atoms with Gasteiger partial charge in [0.1, 0.15) is 5.25 Å². The molecule has 10 nitrogen and oxygen atoms in total. The van der Waals surface area contributed by atoms with Gasteiger partial charge in [-0.3, -0.25) is 19.2 Å². The highest BCUT2D eigenvalue weighted by molar-refractivity contribution is 7.82. The second kappa shape index (κ2) is 12.0. The topological polar surface area (TPSA) is 164 Å². The number of nitrogens with one attached hydrogen (secondary N) is 4. The quantitative estimate of drug-likeness (QED) is 0.148. The van der Waals surface area contributed by atoms with Gasteiger partial charge in [0.25, 0.3) is 5.91 Å². The van der Waals surface area contributed by atoms with Crippen LogP contribution in [0.3, 0.4) is 0 Å². The summed E-state index contributed by atoms with van der Waals surface area (Å²) in [5.41, 5.74) is 9.08. The average molecular weight is 624 g/mol. The Morgan fingerprint density at radius 1 is 0.932 bits per heavy atom. The molecule has 5 atom stereocenters. The number of fused-ring (bicyclic) bond motifs is 1. The second-order valence-electron chi connectivity index (χ2n) is 12.6. The number of hydrogen-bond acceptors (Lipinski definition) is 4. The Kier molecular flexibility index (Phi) is 8.63. The van der Waals surface area contributed by atoms with Crippen molar-refractivity contribution in [3.63, 3.8) is 0 Å². The summed E-state index contributed by atoms with van der Waals surface area (Å²) in [5, 5.41) is 25.7. The predicted molar refractivity (Wildman–Crippen MR) is 170 cm³/mol. The molecule has 5 heterocycles. The average Bonchev–Trinajstić information content (AvgIpc) is 3.55. The maximum atomic E-state index is 12.7. The van der Waals surface area contributed by atoms with Crippen LogP contribution < -0.4 is 10.6 Å². The minimum absolute atomic E-state index is 0.0124. The van der Waals surface area contributed by atoms with Crippen LogP contribution in [0, 0.1) is 25.7 Å². The number of thiol groups is 1. The molecule has 0 spiro atoms. The summed E-state index contributed by atoms with van der Waals surface area (Å²) in [7, 11) is 0. The molecule has 0 saturated carbocycles. The van der Waals surface area contributed by atoms with E-state index in [0.29, 0.717) is 42.9 Å². The van der Waals surface area contributed by atoms with E-state index < -0.39 is 11.9 Å². The lowest BCUT2D eigenvalue weighted by atomic mass is 9.84. The standard InChI is InChI=1S/C33H42N4O6S/c1-7-20-15(2)24(36-32(20)43)12-23-16(3)21(8-10-28(38)39)25(34-23)13-26-22(9-11-29(40)41)17(4)27(35-26)14-33-30(19(6)44-33)18(5)31(42)37-33/h7,18-19,24,30,34-35H,1,8-14H2,2-6H3,(H,36,43)(H,37,42)(H,38,39)(H,40,41)/p+1/t18-,19?,24-,30+,33-/m1/s1. The van der Waals surface area contributed by atoms with E-state index in [1.54, 1.807) is 6.08 Å². The Morgan fingerprint density at radius 3 is 2.02 bits per heavy atom. The van der Waals surface area contributed by atoms with E-state index in [9.17, 15) is 29.4 Å². The summed E-state index contributed by atoms with van der Waals surface area (Å²) in [4.78, 5) is 55.1. The highest BCUT2D eigenvalue weighted by Crippen LogP contribution is 2.49. The van der Waals surface area contributed by atoms with E-state index in [1.807, 2.05) is 27.7 Å². The molecule has 3 aliphatic rings. The van der Waals surface area contributed by atoms with Crippen molar-refractivity contribution < 1.29 is 29.4 Å². The third-order valence-electron chi connectivity index (χ3n) is 10.0. The molecule has 2 amide bonds. The number of carbonyl (C=O) groups excluding carboxylic acids is 2. The lowest BCUT2D eigenvalue weighted by Gasteiger charge is -2.41. The molecule has 2 aromatic rings. The molecule has 0 aliphatic carbocycles.